The van der Waals surface area contributed by atoms with Gasteiger partial charge in [0.05, 0.1) is 29.5 Å². The number of hydrogen-bond donors (Lipinski definition) is 2. The molecule has 2 aliphatic rings. The Hall–Kier alpha value is -3.27. The number of H-pyrrole nitrogens is 1. The Morgan fingerprint density at radius 2 is 2.14 bits per heavy atom. The van der Waals surface area contributed by atoms with Crippen molar-refractivity contribution in [1.82, 2.24) is 19.1 Å². The lowest BCUT2D eigenvalue weighted by Gasteiger charge is -2.38. The molecule has 0 aliphatic carbocycles. The minimum atomic E-state index is -3.62. The van der Waals surface area contributed by atoms with Gasteiger partial charge in [-0.3, -0.25) is 9.48 Å². The number of halogens is 1. The van der Waals surface area contributed by atoms with Crippen LogP contribution in [0.25, 0.3) is 10.9 Å². The number of sulfonamides is 1. The zero-order chi connectivity index (χ0) is 25.9. The van der Waals surface area contributed by atoms with Gasteiger partial charge in [0.2, 0.25) is 10.0 Å². The lowest BCUT2D eigenvalue weighted by molar-refractivity contribution is -0.0511. The van der Waals surface area contributed by atoms with E-state index in [2.05, 4.69) is 21.5 Å². The molecule has 3 aromatic rings. The molecule has 4 heterocycles. The van der Waals surface area contributed by atoms with Crippen LogP contribution >= 0.6 is 0 Å². The molecule has 190 valence electrons. The molecule has 2 aromatic heterocycles. The van der Waals surface area contributed by atoms with Gasteiger partial charge >= 0.3 is 0 Å². The number of benzene rings is 1. The Morgan fingerprint density at radius 3 is 2.83 bits per heavy atom. The van der Waals surface area contributed by atoms with Crippen LogP contribution in [0.15, 0.2) is 40.2 Å². The highest BCUT2D eigenvalue weighted by molar-refractivity contribution is 7.89. The molecular formula is C24H27FN6O4S. The Kier molecular flexibility index (Phi) is 5.70. The maximum Gasteiger partial charge on any atom is 0.261 e. The highest BCUT2D eigenvalue weighted by atomic mass is 32.2. The molecule has 1 aromatic carbocycles. The van der Waals surface area contributed by atoms with Crippen molar-refractivity contribution in [2.45, 2.75) is 62.3 Å². The number of nitrogens with zero attached hydrogens (tertiary/aromatic N) is 4. The Balaban J connectivity index is 1.60. The van der Waals surface area contributed by atoms with Gasteiger partial charge in [-0.1, -0.05) is 0 Å². The molecule has 0 amide bonds. The molecule has 1 saturated heterocycles. The normalized spacial score (nSPS) is 23.9. The van der Waals surface area contributed by atoms with E-state index in [1.165, 1.54) is 21.3 Å². The summed E-state index contributed by atoms with van der Waals surface area (Å²) in [5.41, 5.74) is -0.732. The van der Waals surface area contributed by atoms with Crippen molar-refractivity contribution in [3.05, 3.63) is 46.4 Å². The number of ether oxygens (including phenoxy) is 1. The Bertz CT molecular complexity index is 1550. The monoisotopic (exact) mass is 514 g/mol. The van der Waals surface area contributed by atoms with Crippen LogP contribution in [-0.4, -0.2) is 52.4 Å². The smallest absolute Gasteiger partial charge is 0.261 e. The van der Waals surface area contributed by atoms with E-state index in [0.717, 1.165) is 0 Å². The van der Waals surface area contributed by atoms with Gasteiger partial charge in [0.25, 0.3) is 5.56 Å². The van der Waals surface area contributed by atoms with E-state index in [1.54, 1.807) is 18.2 Å². The van der Waals surface area contributed by atoms with Crippen molar-refractivity contribution in [1.29, 1.82) is 5.26 Å². The van der Waals surface area contributed by atoms with Gasteiger partial charge in [-0.15, -0.1) is 0 Å². The molecule has 0 spiro atoms. The number of nitriles is 1. The van der Waals surface area contributed by atoms with E-state index < -0.39 is 32.8 Å². The van der Waals surface area contributed by atoms with E-state index in [0.29, 0.717) is 16.8 Å². The summed E-state index contributed by atoms with van der Waals surface area (Å²) in [7, 11) is -3.62. The van der Waals surface area contributed by atoms with Crippen LogP contribution in [0, 0.1) is 11.3 Å². The molecule has 2 atom stereocenters. The SMILES string of the molecule is CC(C)(C)N1Cc2cc(Nc3nn([C@@]4(CC#N)CCOC[C@H]4F)c4cc[nH]c(=O)c34)ccc2S1(=O)=O. The predicted molar refractivity (Wildman–Crippen MR) is 131 cm³/mol. The molecular weight excluding hydrogens is 487 g/mol. The number of aromatic amines is 1. The van der Waals surface area contributed by atoms with Gasteiger partial charge in [-0.25, -0.2) is 12.8 Å². The molecule has 2 aliphatic heterocycles. The second-order valence-corrected chi connectivity index (χ2v) is 12.0. The van der Waals surface area contributed by atoms with Crippen LogP contribution in [0.2, 0.25) is 0 Å². The van der Waals surface area contributed by atoms with Crippen molar-refractivity contribution in [3.63, 3.8) is 0 Å². The summed E-state index contributed by atoms with van der Waals surface area (Å²) in [6, 6.07) is 8.58. The fourth-order valence-electron chi connectivity index (χ4n) is 5.03. The first kappa shape index (κ1) is 24.4. The number of anilines is 2. The van der Waals surface area contributed by atoms with Crippen molar-refractivity contribution < 1.29 is 17.5 Å². The first-order chi connectivity index (χ1) is 17.0. The lowest BCUT2D eigenvalue weighted by Crippen LogP contribution is -2.49. The fraction of sp³-hybridized carbons (Fsp3) is 0.458. The summed E-state index contributed by atoms with van der Waals surface area (Å²) in [6.07, 6.45) is 0.0552. The maximum atomic E-state index is 15.3. The minimum Gasteiger partial charge on any atom is -0.378 e. The summed E-state index contributed by atoms with van der Waals surface area (Å²) in [4.78, 5) is 15.7. The summed E-state index contributed by atoms with van der Waals surface area (Å²) in [5.74, 6) is 0.191. The molecule has 12 heteroatoms. The molecule has 2 N–H and O–H groups in total. The quantitative estimate of drug-likeness (QED) is 0.546. The standard InChI is InChI=1S/C24H27FN6O4S/c1-23(2,3)30-13-15-12-16(4-5-18(15)36(30,33)34)28-21-20-17(6-10-27-22(20)32)31(29-21)24(7-9-26)8-11-35-14-19(24)25/h4-6,10,12,19H,7-8,11,13-14H2,1-3H3,(H,27,32)(H,28,29)/t19-,24+/m1/s1. The van der Waals surface area contributed by atoms with Crippen LogP contribution in [0.3, 0.4) is 0 Å². The summed E-state index contributed by atoms with van der Waals surface area (Å²) in [6.45, 7) is 5.84. The molecule has 1 fully saturated rings. The largest absolute Gasteiger partial charge is 0.378 e. The summed E-state index contributed by atoms with van der Waals surface area (Å²) < 4.78 is 49.4. The van der Waals surface area contributed by atoms with Gasteiger partial charge in [0.1, 0.15) is 17.1 Å². The van der Waals surface area contributed by atoms with Crippen molar-refractivity contribution in [2.75, 3.05) is 18.5 Å². The van der Waals surface area contributed by atoms with Gasteiger partial charge < -0.3 is 15.0 Å². The Morgan fingerprint density at radius 1 is 1.36 bits per heavy atom. The maximum absolute atomic E-state index is 15.3. The van der Waals surface area contributed by atoms with Crippen molar-refractivity contribution in [2.24, 2.45) is 0 Å². The number of alkyl halides is 1. The van der Waals surface area contributed by atoms with Crippen LogP contribution in [0.1, 0.15) is 39.2 Å². The number of fused-ring (bicyclic) bond motifs is 2. The van der Waals surface area contributed by atoms with Crippen LogP contribution in [-0.2, 0) is 26.8 Å². The summed E-state index contributed by atoms with van der Waals surface area (Å²) >= 11 is 0. The molecule has 36 heavy (non-hydrogen) atoms. The second-order valence-electron chi connectivity index (χ2n) is 10.2. The third kappa shape index (κ3) is 3.70. The third-order valence-electron chi connectivity index (χ3n) is 6.89. The number of hydrogen-bond acceptors (Lipinski definition) is 7. The van der Waals surface area contributed by atoms with Gasteiger partial charge in [-0.2, -0.15) is 14.7 Å². The van der Waals surface area contributed by atoms with Crippen LogP contribution in [0.4, 0.5) is 15.9 Å². The Labute approximate surface area is 207 Å². The molecule has 5 rings (SSSR count). The predicted octanol–water partition coefficient (Wildman–Crippen LogP) is 3.14. The van der Waals surface area contributed by atoms with E-state index in [9.17, 15) is 18.5 Å². The molecule has 10 nitrogen and oxygen atoms in total. The van der Waals surface area contributed by atoms with E-state index in [1.807, 2.05) is 20.8 Å². The first-order valence-electron chi connectivity index (χ1n) is 11.6. The lowest BCUT2D eigenvalue weighted by atomic mass is 9.85. The van der Waals surface area contributed by atoms with E-state index in [-0.39, 0.29) is 48.7 Å². The van der Waals surface area contributed by atoms with Crippen LogP contribution < -0.4 is 10.9 Å². The molecule has 0 unspecified atom stereocenters. The van der Waals surface area contributed by atoms with Gasteiger partial charge in [0.15, 0.2) is 5.82 Å². The molecule has 0 radical (unpaired) electrons. The minimum absolute atomic E-state index is 0.139. The molecule has 0 bridgehead atoms. The van der Waals surface area contributed by atoms with E-state index in [4.69, 9.17) is 4.74 Å². The number of pyridine rings is 1. The van der Waals surface area contributed by atoms with E-state index >= 15 is 4.39 Å². The topological polar surface area (TPSA) is 133 Å². The number of aromatic nitrogens is 3. The first-order valence-corrected chi connectivity index (χ1v) is 13.1. The number of rotatable bonds is 4. The zero-order valence-electron chi connectivity index (χ0n) is 20.2. The number of nitrogens with one attached hydrogen (secondary N) is 2. The van der Waals surface area contributed by atoms with Crippen molar-refractivity contribution in [3.8, 4) is 6.07 Å². The average Bonchev–Trinajstić information content (AvgIpc) is 3.31. The average molecular weight is 515 g/mol. The second kappa shape index (κ2) is 8.40. The summed E-state index contributed by atoms with van der Waals surface area (Å²) in [5, 5.41) is 17.5. The van der Waals surface area contributed by atoms with Gasteiger partial charge in [-0.05, 0) is 57.0 Å². The van der Waals surface area contributed by atoms with Gasteiger partial charge in [0, 0.05) is 30.6 Å². The highest BCUT2D eigenvalue weighted by Crippen LogP contribution is 2.40. The van der Waals surface area contributed by atoms with Crippen LogP contribution in [0.5, 0.6) is 0 Å². The fourth-order valence-corrected chi connectivity index (χ4v) is 6.99. The third-order valence-corrected chi connectivity index (χ3v) is 9.10. The highest BCUT2D eigenvalue weighted by Gasteiger charge is 2.46. The molecule has 0 saturated carbocycles. The zero-order valence-corrected chi connectivity index (χ0v) is 21.0. The van der Waals surface area contributed by atoms with Crippen molar-refractivity contribution >= 4 is 32.4 Å².